The number of hydrazine groups is 1. The van der Waals surface area contributed by atoms with Crippen LogP contribution in [0.3, 0.4) is 0 Å². The van der Waals surface area contributed by atoms with Gasteiger partial charge in [-0.05, 0) is 29.1 Å². The number of thioether (sulfide) groups is 1. The van der Waals surface area contributed by atoms with Gasteiger partial charge in [-0.25, -0.2) is 14.8 Å². The van der Waals surface area contributed by atoms with Crippen LogP contribution in [0.15, 0.2) is 54.7 Å². The Kier molecular flexibility index (Phi) is 5.13. The van der Waals surface area contributed by atoms with Gasteiger partial charge in [0.2, 0.25) is 0 Å². The SMILES string of the molecule is NC(=O)Nc1ccc(-c2ccc(NN3CCSCC3)nc2)c2ccccc12. The van der Waals surface area contributed by atoms with E-state index in [1.165, 1.54) is 0 Å². The standard InChI is InChI=1S/C20H21N5OS/c21-20(26)23-18-7-6-15(16-3-1-2-4-17(16)18)14-5-8-19(22-13-14)24-25-9-11-27-12-10-25/h1-8,13H,9-12H2,(H,22,24)(H3,21,23,26). The summed E-state index contributed by atoms with van der Waals surface area (Å²) in [6.45, 7) is 2.04. The lowest BCUT2D eigenvalue weighted by atomic mass is 9.98. The zero-order chi connectivity index (χ0) is 18.6. The molecule has 1 aliphatic heterocycles. The van der Waals surface area contributed by atoms with E-state index in [1.54, 1.807) is 0 Å². The lowest BCUT2D eigenvalue weighted by molar-refractivity contribution is 0.259. The number of pyridine rings is 1. The summed E-state index contributed by atoms with van der Waals surface area (Å²) >= 11 is 1.98. The first-order chi connectivity index (χ1) is 13.2. The summed E-state index contributed by atoms with van der Waals surface area (Å²) in [7, 11) is 0. The zero-order valence-electron chi connectivity index (χ0n) is 14.8. The molecule has 1 saturated heterocycles. The Bertz CT molecular complexity index is 954. The van der Waals surface area contributed by atoms with Gasteiger partial charge in [0.15, 0.2) is 0 Å². The van der Waals surface area contributed by atoms with E-state index < -0.39 is 6.03 Å². The maximum atomic E-state index is 11.3. The van der Waals surface area contributed by atoms with Gasteiger partial charge in [-0.2, -0.15) is 11.8 Å². The molecule has 1 aromatic heterocycles. The van der Waals surface area contributed by atoms with Gasteiger partial charge in [0.25, 0.3) is 0 Å². The minimum atomic E-state index is -0.568. The number of anilines is 2. The molecule has 0 saturated carbocycles. The lowest BCUT2D eigenvalue weighted by Gasteiger charge is -2.27. The molecule has 1 fully saturated rings. The molecule has 0 radical (unpaired) electrons. The molecule has 0 spiro atoms. The molecule has 2 amide bonds. The second-order valence-electron chi connectivity index (χ2n) is 6.34. The van der Waals surface area contributed by atoms with Crippen LogP contribution in [0.5, 0.6) is 0 Å². The molecule has 6 nitrogen and oxygen atoms in total. The number of carbonyl (C=O) groups excluding carboxylic acids is 1. The fourth-order valence-electron chi connectivity index (χ4n) is 3.25. The van der Waals surface area contributed by atoms with Crippen molar-refractivity contribution in [3.8, 4) is 11.1 Å². The summed E-state index contributed by atoms with van der Waals surface area (Å²) in [5.41, 5.74) is 11.5. The van der Waals surface area contributed by atoms with Crippen LogP contribution >= 0.6 is 11.8 Å². The summed E-state index contributed by atoms with van der Waals surface area (Å²) in [5, 5.41) is 6.88. The number of benzene rings is 2. The normalized spacial score (nSPS) is 14.8. The van der Waals surface area contributed by atoms with Crippen LogP contribution in [0.2, 0.25) is 0 Å². The van der Waals surface area contributed by atoms with Gasteiger partial charge in [0.1, 0.15) is 5.82 Å². The molecule has 7 heteroatoms. The molecule has 0 bridgehead atoms. The number of primary amides is 1. The number of amides is 2. The van der Waals surface area contributed by atoms with Crippen molar-refractivity contribution in [1.29, 1.82) is 0 Å². The summed E-state index contributed by atoms with van der Waals surface area (Å²) < 4.78 is 0. The molecule has 0 atom stereocenters. The van der Waals surface area contributed by atoms with Gasteiger partial charge in [-0.3, -0.25) is 0 Å². The van der Waals surface area contributed by atoms with Crippen LogP contribution in [0.25, 0.3) is 21.9 Å². The maximum Gasteiger partial charge on any atom is 0.316 e. The first kappa shape index (κ1) is 17.6. The molecule has 2 aromatic carbocycles. The number of urea groups is 1. The number of carbonyl (C=O) groups is 1. The Morgan fingerprint density at radius 3 is 2.52 bits per heavy atom. The topological polar surface area (TPSA) is 83.3 Å². The van der Waals surface area contributed by atoms with E-state index in [0.29, 0.717) is 5.69 Å². The predicted octanol–water partition coefficient (Wildman–Crippen LogP) is 3.77. The smallest absolute Gasteiger partial charge is 0.316 e. The van der Waals surface area contributed by atoms with E-state index in [2.05, 4.69) is 26.8 Å². The molecule has 1 aliphatic rings. The first-order valence-corrected chi connectivity index (χ1v) is 10.0. The van der Waals surface area contributed by atoms with E-state index in [0.717, 1.165) is 52.3 Å². The molecule has 4 rings (SSSR count). The Balaban J connectivity index is 1.63. The summed E-state index contributed by atoms with van der Waals surface area (Å²) in [6, 6.07) is 15.3. The number of nitrogens with one attached hydrogen (secondary N) is 2. The molecule has 2 heterocycles. The third-order valence-corrected chi connectivity index (χ3v) is 5.48. The van der Waals surface area contributed by atoms with Crippen LogP contribution in [-0.4, -0.2) is 40.6 Å². The van der Waals surface area contributed by atoms with Crippen molar-refractivity contribution in [2.24, 2.45) is 5.73 Å². The second kappa shape index (κ2) is 7.85. The minimum Gasteiger partial charge on any atom is -0.351 e. The summed E-state index contributed by atoms with van der Waals surface area (Å²) in [6.07, 6.45) is 1.88. The highest BCUT2D eigenvalue weighted by atomic mass is 32.2. The molecular weight excluding hydrogens is 358 g/mol. The van der Waals surface area contributed by atoms with Gasteiger partial charge in [-0.1, -0.05) is 30.3 Å². The van der Waals surface area contributed by atoms with Crippen LogP contribution in [0.1, 0.15) is 0 Å². The Labute approximate surface area is 162 Å². The van der Waals surface area contributed by atoms with E-state index in [4.69, 9.17) is 5.73 Å². The quantitative estimate of drug-likeness (QED) is 0.643. The average molecular weight is 379 g/mol. The van der Waals surface area contributed by atoms with Crippen LogP contribution in [-0.2, 0) is 0 Å². The zero-order valence-corrected chi connectivity index (χ0v) is 15.6. The maximum absolute atomic E-state index is 11.3. The molecule has 27 heavy (non-hydrogen) atoms. The van der Waals surface area contributed by atoms with Gasteiger partial charge in [0.05, 0.1) is 5.69 Å². The Morgan fingerprint density at radius 2 is 1.81 bits per heavy atom. The highest BCUT2D eigenvalue weighted by Gasteiger charge is 2.12. The van der Waals surface area contributed by atoms with Crippen molar-refractivity contribution in [3.05, 3.63) is 54.7 Å². The third kappa shape index (κ3) is 3.99. The third-order valence-electron chi connectivity index (χ3n) is 4.54. The van der Waals surface area contributed by atoms with Crippen molar-refractivity contribution >= 4 is 40.1 Å². The molecule has 0 aliphatic carbocycles. The van der Waals surface area contributed by atoms with Gasteiger partial charge in [0, 0.05) is 41.7 Å². The van der Waals surface area contributed by atoms with Crippen molar-refractivity contribution < 1.29 is 4.79 Å². The van der Waals surface area contributed by atoms with Crippen molar-refractivity contribution in [2.45, 2.75) is 0 Å². The van der Waals surface area contributed by atoms with Gasteiger partial charge in [-0.15, -0.1) is 0 Å². The summed E-state index contributed by atoms with van der Waals surface area (Å²) in [5.74, 6) is 3.13. The molecular formula is C20H21N5OS. The van der Waals surface area contributed by atoms with E-state index in [-0.39, 0.29) is 0 Å². The van der Waals surface area contributed by atoms with Crippen molar-refractivity contribution in [3.63, 3.8) is 0 Å². The Hall–Kier alpha value is -2.77. The largest absolute Gasteiger partial charge is 0.351 e. The van der Waals surface area contributed by atoms with Gasteiger partial charge < -0.3 is 16.5 Å². The number of aromatic nitrogens is 1. The molecule has 3 aromatic rings. The Morgan fingerprint density at radius 1 is 1.04 bits per heavy atom. The lowest BCUT2D eigenvalue weighted by Crippen LogP contribution is -2.37. The summed E-state index contributed by atoms with van der Waals surface area (Å²) in [4.78, 5) is 15.8. The number of rotatable bonds is 4. The molecule has 138 valence electrons. The minimum absolute atomic E-state index is 0.568. The monoisotopic (exact) mass is 379 g/mol. The fourth-order valence-corrected chi connectivity index (χ4v) is 4.15. The highest BCUT2D eigenvalue weighted by molar-refractivity contribution is 7.99. The number of nitrogens with zero attached hydrogens (tertiary/aromatic N) is 2. The first-order valence-electron chi connectivity index (χ1n) is 8.85. The number of hydrogen-bond donors (Lipinski definition) is 3. The van der Waals surface area contributed by atoms with Crippen LogP contribution < -0.4 is 16.5 Å². The predicted molar refractivity (Wildman–Crippen MR) is 113 cm³/mol. The second-order valence-corrected chi connectivity index (χ2v) is 7.56. The molecule has 4 N–H and O–H groups in total. The number of fused-ring (bicyclic) bond motifs is 1. The van der Waals surface area contributed by atoms with Crippen molar-refractivity contribution in [2.75, 3.05) is 35.3 Å². The number of hydrogen-bond acceptors (Lipinski definition) is 5. The van der Waals surface area contributed by atoms with Gasteiger partial charge >= 0.3 is 6.03 Å². The van der Waals surface area contributed by atoms with Crippen LogP contribution in [0, 0.1) is 0 Å². The molecule has 0 unspecified atom stereocenters. The van der Waals surface area contributed by atoms with E-state index in [1.807, 2.05) is 60.4 Å². The highest BCUT2D eigenvalue weighted by Crippen LogP contribution is 2.33. The fraction of sp³-hybridized carbons (Fsp3) is 0.200. The number of nitrogens with two attached hydrogens (primary N) is 1. The van der Waals surface area contributed by atoms with Crippen molar-refractivity contribution in [1.82, 2.24) is 9.99 Å². The van der Waals surface area contributed by atoms with E-state index >= 15 is 0 Å². The van der Waals surface area contributed by atoms with E-state index in [9.17, 15) is 4.79 Å². The van der Waals surface area contributed by atoms with Crippen LogP contribution in [0.4, 0.5) is 16.3 Å². The average Bonchev–Trinajstić information content (AvgIpc) is 2.69.